The van der Waals surface area contributed by atoms with Crippen LogP contribution in [0.2, 0.25) is 0 Å². The fourth-order valence-electron chi connectivity index (χ4n) is 2.71. The number of aryl methyl sites for hydroxylation is 2. The summed E-state index contributed by atoms with van der Waals surface area (Å²) in [5.41, 5.74) is 6.03. The molecule has 22 heavy (non-hydrogen) atoms. The summed E-state index contributed by atoms with van der Waals surface area (Å²) in [7, 11) is 0. The number of benzene rings is 1. The zero-order valence-corrected chi connectivity index (χ0v) is 13.3. The van der Waals surface area contributed by atoms with Crippen LogP contribution in [0, 0.1) is 13.8 Å². The van der Waals surface area contributed by atoms with Gasteiger partial charge in [0.2, 0.25) is 0 Å². The topological polar surface area (TPSA) is 37.4 Å². The molecule has 4 nitrogen and oxygen atoms in total. The van der Waals surface area contributed by atoms with E-state index in [1.54, 1.807) is 0 Å². The third-order valence-corrected chi connectivity index (χ3v) is 4.18. The van der Waals surface area contributed by atoms with Crippen LogP contribution in [0.3, 0.4) is 0 Å². The Kier molecular flexibility index (Phi) is 4.59. The summed E-state index contributed by atoms with van der Waals surface area (Å²) in [6.45, 7) is 8.54. The van der Waals surface area contributed by atoms with Crippen molar-refractivity contribution in [3.63, 3.8) is 0 Å². The molecule has 0 spiro atoms. The van der Waals surface area contributed by atoms with E-state index < -0.39 is 0 Å². The maximum absolute atomic E-state index is 5.43. The van der Waals surface area contributed by atoms with Crippen LogP contribution in [0.25, 0.3) is 0 Å². The molecule has 0 aliphatic carbocycles. The van der Waals surface area contributed by atoms with E-state index in [1.807, 2.05) is 19.2 Å². The zero-order valence-electron chi connectivity index (χ0n) is 13.3. The molecular formula is C18H23N3O. The summed E-state index contributed by atoms with van der Waals surface area (Å²) in [5.74, 6) is 0. The van der Waals surface area contributed by atoms with Gasteiger partial charge in [0.1, 0.15) is 0 Å². The van der Waals surface area contributed by atoms with Gasteiger partial charge in [-0.05, 0) is 43.2 Å². The van der Waals surface area contributed by atoms with Crippen molar-refractivity contribution in [1.82, 2.24) is 4.98 Å². The van der Waals surface area contributed by atoms with E-state index in [4.69, 9.17) is 4.74 Å². The van der Waals surface area contributed by atoms with Crippen LogP contribution in [-0.2, 0) is 11.3 Å². The molecule has 4 heteroatoms. The normalized spacial score (nSPS) is 14.9. The van der Waals surface area contributed by atoms with E-state index in [0.717, 1.165) is 38.5 Å². The lowest BCUT2D eigenvalue weighted by atomic mass is 10.1. The van der Waals surface area contributed by atoms with E-state index in [1.165, 1.54) is 22.5 Å². The Morgan fingerprint density at radius 1 is 1.18 bits per heavy atom. The highest BCUT2D eigenvalue weighted by molar-refractivity contribution is 5.62. The van der Waals surface area contributed by atoms with Gasteiger partial charge in [0.05, 0.1) is 13.2 Å². The minimum Gasteiger partial charge on any atom is -0.381 e. The molecule has 1 fully saturated rings. The number of nitrogens with one attached hydrogen (secondary N) is 1. The van der Waals surface area contributed by atoms with Crippen molar-refractivity contribution < 1.29 is 4.74 Å². The van der Waals surface area contributed by atoms with Crippen LogP contribution < -0.4 is 10.2 Å². The van der Waals surface area contributed by atoms with Gasteiger partial charge in [0.15, 0.2) is 0 Å². The molecule has 2 heterocycles. The Morgan fingerprint density at radius 3 is 2.77 bits per heavy atom. The van der Waals surface area contributed by atoms with Crippen molar-refractivity contribution in [1.29, 1.82) is 0 Å². The summed E-state index contributed by atoms with van der Waals surface area (Å²) < 4.78 is 5.43. The van der Waals surface area contributed by atoms with Gasteiger partial charge in [-0.3, -0.25) is 4.98 Å². The molecule has 0 saturated carbocycles. The number of anilines is 2. The van der Waals surface area contributed by atoms with Crippen LogP contribution in [0.1, 0.15) is 16.8 Å². The molecule has 0 radical (unpaired) electrons. The monoisotopic (exact) mass is 297 g/mol. The second-order valence-corrected chi connectivity index (χ2v) is 5.70. The van der Waals surface area contributed by atoms with Gasteiger partial charge >= 0.3 is 0 Å². The van der Waals surface area contributed by atoms with E-state index in [0.29, 0.717) is 0 Å². The van der Waals surface area contributed by atoms with Crippen molar-refractivity contribution in [3.8, 4) is 0 Å². The average Bonchev–Trinajstić information content (AvgIpc) is 2.56. The highest BCUT2D eigenvalue weighted by Gasteiger charge is 2.12. The standard InChI is InChI=1S/C18H23N3O/c1-14-5-6-17(21-8-10-22-11-9-21)12-18(14)20-13-16-4-3-7-19-15(16)2/h3-7,12,20H,8-11,13H2,1-2H3. The highest BCUT2D eigenvalue weighted by atomic mass is 16.5. The molecule has 1 aromatic heterocycles. The fourth-order valence-corrected chi connectivity index (χ4v) is 2.71. The summed E-state index contributed by atoms with van der Waals surface area (Å²) in [5, 5.41) is 3.55. The van der Waals surface area contributed by atoms with Crippen LogP contribution in [0.5, 0.6) is 0 Å². The Labute approximate surface area is 132 Å². The lowest BCUT2D eigenvalue weighted by molar-refractivity contribution is 0.122. The largest absolute Gasteiger partial charge is 0.381 e. The van der Waals surface area contributed by atoms with Crippen molar-refractivity contribution in [2.75, 3.05) is 36.5 Å². The third kappa shape index (κ3) is 3.39. The summed E-state index contributed by atoms with van der Waals surface area (Å²) >= 11 is 0. The molecule has 116 valence electrons. The Bertz CT molecular complexity index is 636. The number of hydrogen-bond acceptors (Lipinski definition) is 4. The van der Waals surface area contributed by atoms with Crippen molar-refractivity contribution in [2.24, 2.45) is 0 Å². The predicted octanol–water partition coefficient (Wildman–Crippen LogP) is 3.15. The smallest absolute Gasteiger partial charge is 0.0642 e. The van der Waals surface area contributed by atoms with Crippen LogP contribution >= 0.6 is 0 Å². The van der Waals surface area contributed by atoms with Gasteiger partial charge in [0, 0.05) is 42.9 Å². The van der Waals surface area contributed by atoms with Gasteiger partial charge < -0.3 is 15.0 Å². The fraction of sp³-hybridized carbons (Fsp3) is 0.389. The lowest BCUT2D eigenvalue weighted by Crippen LogP contribution is -2.36. The maximum Gasteiger partial charge on any atom is 0.0642 e. The van der Waals surface area contributed by atoms with Gasteiger partial charge in [-0.25, -0.2) is 0 Å². The summed E-state index contributed by atoms with van der Waals surface area (Å²) in [6.07, 6.45) is 1.84. The Hall–Kier alpha value is -2.07. The molecule has 1 N–H and O–H groups in total. The Balaban J connectivity index is 1.74. The second-order valence-electron chi connectivity index (χ2n) is 5.70. The van der Waals surface area contributed by atoms with Gasteiger partial charge in [0.25, 0.3) is 0 Å². The molecular weight excluding hydrogens is 274 g/mol. The van der Waals surface area contributed by atoms with Gasteiger partial charge in [-0.1, -0.05) is 12.1 Å². The van der Waals surface area contributed by atoms with E-state index >= 15 is 0 Å². The second kappa shape index (κ2) is 6.79. The Morgan fingerprint density at radius 2 is 2.00 bits per heavy atom. The molecule has 2 aromatic rings. The van der Waals surface area contributed by atoms with Gasteiger partial charge in [-0.15, -0.1) is 0 Å². The quantitative estimate of drug-likeness (QED) is 0.940. The third-order valence-electron chi connectivity index (χ3n) is 4.18. The molecule has 1 saturated heterocycles. The minimum absolute atomic E-state index is 0.799. The lowest BCUT2D eigenvalue weighted by Gasteiger charge is -2.29. The number of nitrogens with zero attached hydrogens (tertiary/aromatic N) is 2. The molecule has 0 amide bonds. The van der Waals surface area contributed by atoms with Crippen molar-refractivity contribution in [3.05, 3.63) is 53.3 Å². The number of rotatable bonds is 4. The number of ether oxygens (including phenoxy) is 1. The first-order valence-corrected chi connectivity index (χ1v) is 7.82. The number of morpholine rings is 1. The number of pyridine rings is 1. The number of hydrogen-bond donors (Lipinski definition) is 1. The molecule has 0 unspecified atom stereocenters. The summed E-state index contributed by atoms with van der Waals surface area (Å²) in [6, 6.07) is 10.7. The maximum atomic E-state index is 5.43. The molecule has 1 aliphatic heterocycles. The minimum atomic E-state index is 0.799. The molecule has 0 bridgehead atoms. The van der Waals surface area contributed by atoms with Crippen LogP contribution in [0.15, 0.2) is 36.5 Å². The first kappa shape index (κ1) is 14.9. The molecule has 3 rings (SSSR count). The van der Waals surface area contributed by atoms with Crippen LogP contribution in [-0.4, -0.2) is 31.3 Å². The van der Waals surface area contributed by atoms with Gasteiger partial charge in [-0.2, -0.15) is 0 Å². The first-order chi connectivity index (χ1) is 10.7. The zero-order chi connectivity index (χ0) is 15.4. The first-order valence-electron chi connectivity index (χ1n) is 7.82. The average molecular weight is 297 g/mol. The SMILES string of the molecule is Cc1ccc(N2CCOCC2)cc1NCc1cccnc1C. The predicted molar refractivity (Wildman–Crippen MR) is 90.5 cm³/mol. The van der Waals surface area contributed by atoms with Crippen molar-refractivity contribution >= 4 is 11.4 Å². The van der Waals surface area contributed by atoms with Crippen molar-refractivity contribution in [2.45, 2.75) is 20.4 Å². The highest BCUT2D eigenvalue weighted by Crippen LogP contribution is 2.24. The van der Waals surface area contributed by atoms with E-state index in [9.17, 15) is 0 Å². The molecule has 0 atom stereocenters. The van der Waals surface area contributed by atoms with E-state index in [-0.39, 0.29) is 0 Å². The van der Waals surface area contributed by atoms with E-state index in [2.05, 4.69) is 46.4 Å². The summed E-state index contributed by atoms with van der Waals surface area (Å²) in [4.78, 5) is 6.72. The molecule has 1 aromatic carbocycles. The number of aromatic nitrogens is 1. The van der Waals surface area contributed by atoms with Crippen LogP contribution in [0.4, 0.5) is 11.4 Å². The molecule has 1 aliphatic rings.